The maximum Gasteiger partial charge on any atom is 0.389 e. The van der Waals surface area contributed by atoms with Crippen molar-refractivity contribution in [3.63, 3.8) is 0 Å². The molecule has 1 aromatic carbocycles. The van der Waals surface area contributed by atoms with E-state index < -0.39 is 17.5 Å². The number of hydrogen-bond acceptors (Lipinski definition) is 4. The van der Waals surface area contributed by atoms with Crippen LogP contribution in [0.5, 0.6) is 0 Å². The van der Waals surface area contributed by atoms with Crippen LogP contribution in [0.2, 0.25) is 0 Å². The van der Waals surface area contributed by atoms with Crippen molar-refractivity contribution in [1.82, 2.24) is 0 Å². The third-order valence-electron chi connectivity index (χ3n) is 2.58. The van der Waals surface area contributed by atoms with E-state index in [0.717, 1.165) is 0 Å². The van der Waals surface area contributed by atoms with Crippen molar-refractivity contribution in [3.05, 3.63) is 33.9 Å². The Bertz CT molecular complexity index is 464. The molecule has 0 heterocycles. The molecule has 0 radical (unpaired) electrons. The number of benzene rings is 1. The number of rotatable bonds is 7. The van der Waals surface area contributed by atoms with Gasteiger partial charge in [-0.05, 0) is 12.5 Å². The van der Waals surface area contributed by atoms with E-state index >= 15 is 0 Å². The molecule has 0 saturated heterocycles. The molecule has 8 heteroatoms. The number of nitrogens with one attached hydrogen (secondary N) is 1. The normalized spacial score (nSPS) is 11.4. The van der Waals surface area contributed by atoms with Gasteiger partial charge in [0.2, 0.25) is 0 Å². The Labute approximate surface area is 113 Å². The second-order valence-corrected chi connectivity index (χ2v) is 4.12. The smallest absolute Gasteiger partial charge is 0.388 e. The lowest BCUT2D eigenvalue weighted by Crippen LogP contribution is -2.09. The number of nitrogens with zero attached hydrogens (tertiary/aromatic N) is 1. The number of non-ortho nitro benzene ring substituents is 1. The van der Waals surface area contributed by atoms with Gasteiger partial charge >= 0.3 is 6.18 Å². The molecule has 112 valence electrons. The standard InChI is InChI=1S/C12H15F3N2O3/c1-16-11-4-3-10(17(18)19)7-9(11)8-20-6-2-5-12(13,14)15/h3-4,7,16H,2,5-6,8H2,1H3. The van der Waals surface area contributed by atoms with Crippen LogP contribution in [0.25, 0.3) is 0 Å². The summed E-state index contributed by atoms with van der Waals surface area (Å²) in [5.74, 6) is 0. The van der Waals surface area contributed by atoms with Gasteiger partial charge in [0.15, 0.2) is 0 Å². The van der Waals surface area contributed by atoms with Crippen molar-refractivity contribution in [2.45, 2.75) is 25.6 Å². The molecular weight excluding hydrogens is 277 g/mol. The molecule has 1 rings (SSSR count). The van der Waals surface area contributed by atoms with Crippen LogP contribution in [0, 0.1) is 10.1 Å². The number of nitro benzene ring substituents is 1. The van der Waals surface area contributed by atoms with E-state index in [2.05, 4.69) is 5.32 Å². The molecule has 0 unspecified atom stereocenters. The van der Waals surface area contributed by atoms with E-state index in [0.29, 0.717) is 11.3 Å². The van der Waals surface area contributed by atoms with E-state index in [1.165, 1.54) is 18.2 Å². The zero-order valence-corrected chi connectivity index (χ0v) is 10.9. The molecule has 0 fully saturated rings. The fourth-order valence-corrected chi connectivity index (χ4v) is 1.61. The molecule has 1 aromatic rings. The molecule has 0 bridgehead atoms. The van der Waals surface area contributed by atoms with E-state index in [4.69, 9.17) is 4.74 Å². The van der Waals surface area contributed by atoms with Crippen LogP contribution in [-0.2, 0) is 11.3 Å². The molecule has 0 aliphatic carbocycles. The van der Waals surface area contributed by atoms with Gasteiger partial charge in [-0.1, -0.05) is 0 Å². The Kier molecular flexibility index (Phi) is 5.75. The van der Waals surface area contributed by atoms with Gasteiger partial charge in [-0.3, -0.25) is 10.1 Å². The highest BCUT2D eigenvalue weighted by atomic mass is 19.4. The second-order valence-electron chi connectivity index (χ2n) is 4.12. The predicted octanol–water partition coefficient (Wildman–Crippen LogP) is 3.50. The second kappa shape index (κ2) is 7.09. The van der Waals surface area contributed by atoms with Crippen LogP contribution in [0.1, 0.15) is 18.4 Å². The molecule has 5 nitrogen and oxygen atoms in total. The summed E-state index contributed by atoms with van der Waals surface area (Å²) in [6.07, 6.45) is -5.22. The maximum atomic E-state index is 11.9. The Hall–Kier alpha value is -1.83. The summed E-state index contributed by atoms with van der Waals surface area (Å²) in [5.41, 5.74) is 1.10. The third-order valence-corrected chi connectivity index (χ3v) is 2.58. The zero-order valence-electron chi connectivity index (χ0n) is 10.9. The predicted molar refractivity (Wildman–Crippen MR) is 67.6 cm³/mol. The van der Waals surface area contributed by atoms with Crippen molar-refractivity contribution in [2.75, 3.05) is 19.0 Å². The van der Waals surface area contributed by atoms with Gasteiger partial charge in [0.25, 0.3) is 5.69 Å². The number of halogens is 3. The summed E-state index contributed by atoms with van der Waals surface area (Å²) in [7, 11) is 1.65. The number of alkyl halides is 3. The number of nitro groups is 1. The highest BCUT2D eigenvalue weighted by molar-refractivity contribution is 5.55. The molecule has 0 aromatic heterocycles. The quantitative estimate of drug-likeness (QED) is 0.474. The molecule has 1 N–H and O–H groups in total. The largest absolute Gasteiger partial charge is 0.389 e. The van der Waals surface area contributed by atoms with Crippen molar-refractivity contribution in [3.8, 4) is 0 Å². The molecule has 0 amide bonds. The lowest BCUT2D eigenvalue weighted by atomic mass is 10.1. The topological polar surface area (TPSA) is 64.4 Å². The van der Waals surface area contributed by atoms with Gasteiger partial charge in [-0.2, -0.15) is 13.2 Å². The SMILES string of the molecule is CNc1ccc([N+](=O)[O-])cc1COCCCC(F)(F)F. The molecule has 0 aliphatic rings. The molecule has 0 aliphatic heterocycles. The average molecular weight is 292 g/mol. The minimum atomic E-state index is -4.19. The van der Waals surface area contributed by atoms with E-state index in [9.17, 15) is 23.3 Å². The van der Waals surface area contributed by atoms with Gasteiger partial charge in [0.05, 0.1) is 11.5 Å². The van der Waals surface area contributed by atoms with Crippen LogP contribution >= 0.6 is 0 Å². The van der Waals surface area contributed by atoms with Gasteiger partial charge in [0, 0.05) is 43.5 Å². The van der Waals surface area contributed by atoms with Crippen molar-refractivity contribution in [2.24, 2.45) is 0 Å². The minimum absolute atomic E-state index is 0.0235. The van der Waals surface area contributed by atoms with E-state index in [1.807, 2.05) is 0 Å². The first-order chi connectivity index (χ1) is 9.33. The molecule has 0 spiro atoms. The Morgan fingerprint density at radius 3 is 2.65 bits per heavy atom. The lowest BCUT2D eigenvalue weighted by Gasteiger charge is -2.10. The number of hydrogen-bond donors (Lipinski definition) is 1. The highest BCUT2D eigenvalue weighted by Gasteiger charge is 2.25. The summed E-state index contributed by atoms with van der Waals surface area (Å²) in [6, 6.07) is 4.22. The first kappa shape index (κ1) is 16.2. The minimum Gasteiger partial charge on any atom is -0.388 e. The van der Waals surface area contributed by atoms with Crippen LogP contribution in [0.4, 0.5) is 24.5 Å². The first-order valence-electron chi connectivity index (χ1n) is 5.93. The molecule has 0 saturated carbocycles. The van der Waals surface area contributed by atoms with Crippen LogP contribution in [0.15, 0.2) is 18.2 Å². The van der Waals surface area contributed by atoms with Crippen molar-refractivity contribution < 1.29 is 22.8 Å². The molecular formula is C12H15F3N2O3. The summed E-state index contributed by atoms with van der Waals surface area (Å²) in [4.78, 5) is 10.1. The van der Waals surface area contributed by atoms with Crippen LogP contribution in [0.3, 0.4) is 0 Å². The summed E-state index contributed by atoms with van der Waals surface area (Å²) in [5, 5.41) is 13.5. The van der Waals surface area contributed by atoms with Crippen molar-refractivity contribution in [1.29, 1.82) is 0 Å². The van der Waals surface area contributed by atoms with Gasteiger partial charge in [-0.15, -0.1) is 0 Å². The van der Waals surface area contributed by atoms with Crippen LogP contribution in [-0.4, -0.2) is 24.8 Å². The average Bonchev–Trinajstić information content (AvgIpc) is 2.36. The monoisotopic (exact) mass is 292 g/mol. The van der Waals surface area contributed by atoms with Gasteiger partial charge in [-0.25, -0.2) is 0 Å². The Morgan fingerprint density at radius 1 is 1.40 bits per heavy atom. The summed E-state index contributed by atoms with van der Waals surface area (Å²) in [6.45, 7) is -0.0267. The summed E-state index contributed by atoms with van der Waals surface area (Å²) >= 11 is 0. The van der Waals surface area contributed by atoms with Gasteiger partial charge in [0.1, 0.15) is 0 Å². The highest BCUT2D eigenvalue weighted by Crippen LogP contribution is 2.24. The number of ether oxygens (including phenoxy) is 1. The van der Waals surface area contributed by atoms with Crippen LogP contribution < -0.4 is 5.32 Å². The fraction of sp³-hybridized carbons (Fsp3) is 0.500. The first-order valence-corrected chi connectivity index (χ1v) is 5.93. The molecule has 0 atom stereocenters. The molecule has 20 heavy (non-hydrogen) atoms. The lowest BCUT2D eigenvalue weighted by molar-refractivity contribution is -0.384. The summed E-state index contributed by atoms with van der Waals surface area (Å²) < 4.78 is 40.9. The van der Waals surface area contributed by atoms with Gasteiger partial charge < -0.3 is 10.1 Å². The van der Waals surface area contributed by atoms with E-state index in [1.54, 1.807) is 7.05 Å². The van der Waals surface area contributed by atoms with E-state index in [-0.39, 0.29) is 25.3 Å². The third kappa shape index (κ3) is 5.43. The Morgan fingerprint density at radius 2 is 2.10 bits per heavy atom. The van der Waals surface area contributed by atoms with Crippen molar-refractivity contribution >= 4 is 11.4 Å². The number of anilines is 1. The fourth-order valence-electron chi connectivity index (χ4n) is 1.61. The zero-order chi connectivity index (χ0) is 15.2. The Balaban J connectivity index is 2.53. The maximum absolute atomic E-state index is 11.9.